The maximum absolute atomic E-state index is 11.4. The molecule has 1 N–H and O–H groups in total. The van der Waals surface area contributed by atoms with Crippen molar-refractivity contribution in [2.24, 2.45) is 0 Å². The Morgan fingerprint density at radius 2 is 2.00 bits per heavy atom. The lowest BCUT2D eigenvalue weighted by Crippen LogP contribution is -2.14. The predicted octanol–water partition coefficient (Wildman–Crippen LogP) is 2.77. The second kappa shape index (κ2) is 9.39. The van der Waals surface area contributed by atoms with Crippen LogP contribution in [0.2, 0.25) is 0 Å². The third-order valence-corrected chi connectivity index (χ3v) is 2.63. The fourth-order valence-corrected chi connectivity index (χ4v) is 1.60. The maximum Gasteiger partial charge on any atom is 0.307 e. The van der Waals surface area contributed by atoms with Crippen molar-refractivity contribution in [2.45, 2.75) is 26.7 Å². The van der Waals surface area contributed by atoms with Crippen LogP contribution in [0.3, 0.4) is 0 Å². The number of hydrogen-bond acceptors (Lipinski definition) is 4. The molecule has 0 radical (unpaired) electrons. The molecule has 4 heteroatoms. The quantitative estimate of drug-likeness (QED) is 0.551. The van der Waals surface area contributed by atoms with Crippen LogP contribution in [-0.4, -0.2) is 32.3 Å². The van der Waals surface area contributed by atoms with Crippen LogP contribution in [0, 0.1) is 6.92 Å². The number of esters is 1. The summed E-state index contributed by atoms with van der Waals surface area (Å²) in [5.74, 6) is -0.193. The van der Waals surface area contributed by atoms with Gasteiger partial charge in [-0.1, -0.05) is 25.1 Å². The van der Waals surface area contributed by atoms with Crippen LogP contribution in [0.15, 0.2) is 24.3 Å². The lowest BCUT2D eigenvalue weighted by molar-refractivity contribution is -0.144. The van der Waals surface area contributed by atoms with Crippen LogP contribution in [-0.2, 0) is 14.3 Å². The summed E-state index contributed by atoms with van der Waals surface area (Å²) in [6.07, 6.45) is 1.34. The minimum atomic E-state index is -0.193. The highest BCUT2D eigenvalue weighted by molar-refractivity contribution is 5.70. The van der Waals surface area contributed by atoms with E-state index in [0.29, 0.717) is 32.8 Å². The number of rotatable bonds is 9. The number of ether oxygens (including phenoxy) is 2. The monoisotopic (exact) mass is 265 g/mol. The molecule has 0 saturated heterocycles. The van der Waals surface area contributed by atoms with Crippen LogP contribution < -0.4 is 5.32 Å². The number of carbonyl (C=O) groups is 1. The third kappa shape index (κ3) is 6.82. The van der Waals surface area contributed by atoms with Gasteiger partial charge in [0.15, 0.2) is 0 Å². The highest BCUT2D eigenvalue weighted by Gasteiger charge is 2.03. The van der Waals surface area contributed by atoms with Gasteiger partial charge < -0.3 is 14.8 Å². The van der Waals surface area contributed by atoms with Crippen molar-refractivity contribution in [3.8, 4) is 0 Å². The van der Waals surface area contributed by atoms with E-state index in [1.54, 1.807) is 0 Å². The van der Waals surface area contributed by atoms with E-state index < -0.39 is 0 Å². The Labute approximate surface area is 115 Å². The molecule has 0 aromatic heterocycles. The Morgan fingerprint density at radius 3 is 2.74 bits per heavy atom. The molecule has 0 fully saturated rings. The van der Waals surface area contributed by atoms with Gasteiger partial charge in [0, 0.05) is 18.8 Å². The van der Waals surface area contributed by atoms with Gasteiger partial charge in [-0.3, -0.25) is 4.79 Å². The fourth-order valence-electron chi connectivity index (χ4n) is 1.60. The Balaban J connectivity index is 2.09. The van der Waals surface area contributed by atoms with Crippen LogP contribution in [0.4, 0.5) is 5.69 Å². The number of benzene rings is 1. The first-order valence-corrected chi connectivity index (χ1v) is 6.77. The van der Waals surface area contributed by atoms with E-state index in [-0.39, 0.29) is 5.97 Å². The molecule has 1 aromatic rings. The van der Waals surface area contributed by atoms with Crippen molar-refractivity contribution >= 4 is 11.7 Å². The van der Waals surface area contributed by atoms with Crippen LogP contribution >= 0.6 is 0 Å². The van der Waals surface area contributed by atoms with E-state index in [2.05, 4.69) is 5.32 Å². The second-order valence-electron chi connectivity index (χ2n) is 4.32. The van der Waals surface area contributed by atoms with Gasteiger partial charge in [0.1, 0.15) is 6.61 Å². The zero-order valence-corrected chi connectivity index (χ0v) is 11.8. The van der Waals surface area contributed by atoms with Crippen LogP contribution in [0.25, 0.3) is 0 Å². The number of hydrogen-bond donors (Lipinski definition) is 1. The minimum Gasteiger partial charge on any atom is -0.463 e. The first-order valence-electron chi connectivity index (χ1n) is 6.77. The Hall–Kier alpha value is -1.55. The molecule has 4 nitrogen and oxygen atoms in total. The first kappa shape index (κ1) is 15.5. The van der Waals surface area contributed by atoms with Gasteiger partial charge in [-0.25, -0.2) is 0 Å². The molecule has 0 amide bonds. The summed E-state index contributed by atoms with van der Waals surface area (Å²) in [5, 5.41) is 3.22. The smallest absolute Gasteiger partial charge is 0.307 e. The average Bonchev–Trinajstić information content (AvgIpc) is 2.41. The van der Waals surface area contributed by atoms with E-state index in [1.165, 1.54) is 5.56 Å². The average molecular weight is 265 g/mol. The highest BCUT2D eigenvalue weighted by Crippen LogP contribution is 2.12. The SMILES string of the molecule is CCCOCCOC(=O)CCNc1ccccc1C. The zero-order valence-electron chi connectivity index (χ0n) is 11.8. The Morgan fingerprint density at radius 1 is 1.21 bits per heavy atom. The Bertz CT molecular complexity index is 379. The molecule has 0 atom stereocenters. The second-order valence-corrected chi connectivity index (χ2v) is 4.32. The van der Waals surface area contributed by atoms with Gasteiger partial charge >= 0.3 is 5.97 Å². The van der Waals surface area contributed by atoms with Crippen molar-refractivity contribution in [1.29, 1.82) is 0 Å². The molecular weight excluding hydrogens is 242 g/mol. The van der Waals surface area contributed by atoms with Gasteiger partial charge in [0.25, 0.3) is 0 Å². The van der Waals surface area contributed by atoms with Crippen LogP contribution in [0.1, 0.15) is 25.3 Å². The molecule has 0 saturated carbocycles. The summed E-state index contributed by atoms with van der Waals surface area (Å²) in [5.41, 5.74) is 2.23. The standard InChI is InChI=1S/C15H23NO3/c1-3-10-18-11-12-19-15(17)8-9-16-14-7-5-4-6-13(14)2/h4-7,16H,3,8-12H2,1-2H3. The molecule has 0 aliphatic heterocycles. The Kier molecular flexibility index (Phi) is 7.66. The molecule has 0 unspecified atom stereocenters. The van der Waals surface area contributed by atoms with Crippen LogP contribution in [0.5, 0.6) is 0 Å². The summed E-state index contributed by atoms with van der Waals surface area (Å²) in [7, 11) is 0. The lowest BCUT2D eigenvalue weighted by Gasteiger charge is -2.09. The summed E-state index contributed by atoms with van der Waals surface area (Å²) in [4.78, 5) is 11.4. The summed E-state index contributed by atoms with van der Waals surface area (Å²) >= 11 is 0. The lowest BCUT2D eigenvalue weighted by atomic mass is 10.2. The van der Waals surface area contributed by atoms with Gasteiger partial charge in [-0.2, -0.15) is 0 Å². The highest BCUT2D eigenvalue weighted by atomic mass is 16.6. The molecule has 0 heterocycles. The number of aryl methyl sites for hydroxylation is 1. The van der Waals surface area contributed by atoms with Gasteiger partial charge in [0.2, 0.25) is 0 Å². The number of carbonyl (C=O) groups excluding carboxylic acids is 1. The number of nitrogens with one attached hydrogen (secondary N) is 1. The van der Waals surface area contributed by atoms with E-state index >= 15 is 0 Å². The predicted molar refractivity (Wildman–Crippen MR) is 76.4 cm³/mol. The largest absolute Gasteiger partial charge is 0.463 e. The fraction of sp³-hybridized carbons (Fsp3) is 0.533. The topological polar surface area (TPSA) is 47.6 Å². The number of para-hydroxylation sites is 1. The van der Waals surface area contributed by atoms with E-state index in [9.17, 15) is 4.79 Å². The van der Waals surface area contributed by atoms with E-state index in [1.807, 2.05) is 38.1 Å². The third-order valence-electron chi connectivity index (χ3n) is 2.63. The molecule has 1 aromatic carbocycles. The van der Waals surface area contributed by atoms with Gasteiger partial charge in [-0.05, 0) is 25.0 Å². The summed E-state index contributed by atoms with van der Waals surface area (Å²) < 4.78 is 10.3. The maximum atomic E-state index is 11.4. The van der Waals surface area contributed by atoms with Crippen molar-refractivity contribution in [3.63, 3.8) is 0 Å². The normalized spacial score (nSPS) is 10.2. The molecule has 106 valence electrons. The van der Waals surface area contributed by atoms with Crippen molar-refractivity contribution in [2.75, 3.05) is 31.7 Å². The molecule has 19 heavy (non-hydrogen) atoms. The molecule has 0 aliphatic rings. The molecule has 0 aliphatic carbocycles. The summed E-state index contributed by atoms with van der Waals surface area (Å²) in [6.45, 7) is 6.19. The first-order chi connectivity index (χ1) is 9.24. The van der Waals surface area contributed by atoms with Crippen molar-refractivity contribution < 1.29 is 14.3 Å². The molecular formula is C15H23NO3. The van der Waals surface area contributed by atoms with E-state index in [0.717, 1.165) is 12.1 Å². The molecule has 1 rings (SSSR count). The molecule has 0 spiro atoms. The van der Waals surface area contributed by atoms with E-state index in [4.69, 9.17) is 9.47 Å². The van der Waals surface area contributed by atoms with Gasteiger partial charge in [0.05, 0.1) is 13.0 Å². The zero-order chi connectivity index (χ0) is 13.9. The van der Waals surface area contributed by atoms with Crippen molar-refractivity contribution in [1.82, 2.24) is 0 Å². The van der Waals surface area contributed by atoms with Crippen molar-refractivity contribution in [3.05, 3.63) is 29.8 Å². The number of anilines is 1. The van der Waals surface area contributed by atoms with Gasteiger partial charge in [-0.15, -0.1) is 0 Å². The minimum absolute atomic E-state index is 0.193. The summed E-state index contributed by atoms with van der Waals surface area (Å²) in [6, 6.07) is 7.99. The molecule has 0 bridgehead atoms.